The predicted molar refractivity (Wildman–Crippen MR) is 68.1 cm³/mol. The smallest absolute Gasteiger partial charge is 0.123 e. The lowest BCUT2D eigenvalue weighted by molar-refractivity contribution is 0.0845. The third-order valence-corrected chi connectivity index (χ3v) is 3.43. The summed E-state index contributed by atoms with van der Waals surface area (Å²) in [5.41, 5.74) is 7.42. The van der Waals surface area contributed by atoms with Crippen LogP contribution in [0.5, 0.6) is 5.75 Å². The van der Waals surface area contributed by atoms with Crippen molar-refractivity contribution in [2.45, 2.75) is 44.8 Å². The zero-order valence-corrected chi connectivity index (χ0v) is 10.8. The van der Waals surface area contributed by atoms with Crippen molar-refractivity contribution in [2.75, 3.05) is 6.61 Å². The molecule has 0 aliphatic carbocycles. The van der Waals surface area contributed by atoms with Crippen LogP contribution in [0.1, 0.15) is 38.3 Å². The van der Waals surface area contributed by atoms with Crippen LogP contribution in [0.25, 0.3) is 0 Å². The van der Waals surface area contributed by atoms with Crippen LogP contribution in [0.15, 0.2) is 18.2 Å². The topological polar surface area (TPSA) is 55.5 Å². The number of nitrogens with two attached hydrogens (primary N) is 1. The molecular weight excluding hydrogens is 214 g/mol. The lowest BCUT2D eigenvalue weighted by Crippen LogP contribution is -2.37. The monoisotopic (exact) mass is 235 g/mol. The van der Waals surface area contributed by atoms with Gasteiger partial charge in [-0.25, -0.2) is 0 Å². The van der Waals surface area contributed by atoms with Gasteiger partial charge in [-0.3, -0.25) is 0 Å². The summed E-state index contributed by atoms with van der Waals surface area (Å²) in [5.74, 6) is 0.943. The van der Waals surface area contributed by atoms with E-state index in [1.54, 1.807) is 0 Å². The van der Waals surface area contributed by atoms with Crippen LogP contribution in [-0.4, -0.2) is 17.3 Å². The van der Waals surface area contributed by atoms with E-state index in [0.29, 0.717) is 0 Å². The highest BCUT2D eigenvalue weighted by molar-refractivity contribution is 5.41. The molecule has 1 aliphatic rings. The lowest BCUT2D eigenvalue weighted by Gasteiger charge is -2.33. The lowest BCUT2D eigenvalue weighted by atomic mass is 9.88. The van der Waals surface area contributed by atoms with E-state index in [-0.39, 0.29) is 12.2 Å². The molecule has 0 fully saturated rings. The average Bonchev–Trinajstić information content (AvgIpc) is 2.27. The van der Waals surface area contributed by atoms with E-state index in [9.17, 15) is 5.11 Å². The molecule has 1 aromatic rings. The van der Waals surface area contributed by atoms with Gasteiger partial charge < -0.3 is 15.6 Å². The van der Waals surface area contributed by atoms with Gasteiger partial charge in [0.2, 0.25) is 0 Å². The number of hydrogen-bond donors (Lipinski definition) is 2. The van der Waals surface area contributed by atoms with Crippen molar-refractivity contribution >= 4 is 0 Å². The number of ether oxygens (including phenoxy) is 1. The second-order valence-electron chi connectivity index (χ2n) is 5.76. The van der Waals surface area contributed by atoms with Gasteiger partial charge in [-0.15, -0.1) is 0 Å². The first-order valence-electron chi connectivity index (χ1n) is 6.06. The van der Waals surface area contributed by atoms with Crippen LogP contribution in [-0.2, 0) is 12.0 Å². The van der Waals surface area contributed by atoms with E-state index in [4.69, 9.17) is 10.5 Å². The van der Waals surface area contributed by atoms with Gasteiger partial charge in [-0.1, -0.05) is 12.1 Å². The van der Waals surface area contributed by atoms with Gasteiger partial charge in [0.05, 0.1) is 12.1 Å². The molecule has 0 saturated carbocycles. The third-order valence-electron chi connectivity index (χ3n) is 3.43. The van der Waals surface area contributed by atoms with E-state index in [1.165, 1.54) is 5.56 Å². The van der Waals surface area contributed by atoms with E-state index in [0.717, 1.165) is 24.2 Å². The second kappa shape index (κ2) is 4.00. The van der Waals surface area contributed by atoms with Gasteiger partial charge in [0.1, 0.15) is 11.4 Å². The maximum absolute atomic E-state index is 9.28. The number of benzene rings is 1. The fourth-order valence-electron chi connectivity index (χ4n) is 2.11. The number of aliphatic hydroxyl groups is 1. The normalized spacial score (nSPS) is 21.2. The summed E-state index contributed by atoms with van der Waals surface area (Å²) < 4.78 is 5.92. The van der Waals surface area contributed by atoms with Gasteiger partial charge in [-0.2, -0.15) is 0 Å². The van der Waals surface area contributed by atoms with Crippen LogP contribution in [0.2, 0.25) is 0 Å². The van der Waals surface area contributed by atoms with Crippen molar-refractivity contribution in [1.82, 2.24) is 0 Å². The molecule has 3 N–H and O–H groups in total. The Kier molecular flexibility index (Phi) is 2.92. The Morgan fingerprint density at radius 2 is 2.18 bits per heavy atom. The van der Waals surface area contributed by atoms with Crippen molar-refractivity contribution in [3.05, 3.63) is 29.3 Å². The minimum Gasteiger partial charge on any atom is -0.488 e. The Morgan fingerprint density at radius 1 is 1.47 bits per heavy atom. The quantitative estimate of drug-likeness (QED) is 0.824. The molecule has 1 aliphatic heterocycles. The first-order chi connectivity index (χ1) is 7.84. The number of aryl methyl sites for hydroxylation is 1. The van der Waals surface area contributed by atoms with Gasteiger partial charge in [0.15, 0.2) is 0 Å². The summed E-state index contributed by atoms with van der Waals surface area (Å²) in [4.78, 5) is 0. The molecule has 2 rings (SSSR count). The molecular formula is C14H21NO2. The van der Waals surface area contributed by atoms with Crippen LogP contribution >= 0.6 is 0 Å². The molecule has 1 aromatic carbocycles. The molecule has 17 heavy (non-hydrogen) atoms. The van der Waals surface area contributed by atoms with Crippen molar-refractivity contribution in [3.8, 4) is 5.75 Å². The zero-order chi connectivity index (χ0) is 12.7. The van der Waals surface area contributed by atoms with Gasteiger partial charge >= 0.3 is 0 Å². The molecule has 0 aromatic heterocycles. The molecule has 0 radical (unpaired) electrons. The summed E-state index contributed by atoms with van der Waals surface area (Å²) in [6.45, 7) is 5.98. The van der Waals surface area contributed by atoms with E-state index < -0.39 is 5.54 Å². The second-order valence-corrected chi connectivity index (χ2v) is 5.76. The molecule has 0 saturated heterocycles. The Bertz CT molecular complexity index is 424. The summed E-state index contributed by atoms with van der Waals surface area (Å²) in [6, 6.07) is 5.96. The maximum atomic E-state index is 9.28. The van der Waals surface area contributed by atoms with Crippen LogP contribution < -0.4 is 10.5 Å². The SMILES string of the molecule is CC1(C)CCc2cc(C(C)(N)CO)ccc2O1. The fourth-order valence-corrected chi connectivity index (χ4v) is 2.11. The number of fused-ring (bicyclic) bond motifs is 1. The zero-order valence-electron chi connectivity index (χ0n) is 10.8. The molecule has 3 nitrogen and oxygen atoms in total. The number of hydrogen-bond acceptors (Lipinski definition) is 3. The minimum atomic E-state index is -0.679. The first-order valence-corrected chi connectivity index (χ1v) is 6.06. The van der Waals surface area contributed by atoms with Crippen LogP contribution in [0.3, 0.4) is 0 Å². The summed E-state index contributed by atoms with van der Waals surface area (Å²) in [5, 5.41) is 9.28. The molecule has 1 unspecified atom stereocenters. The summed E-state index contributed by atoms with van der Waals surface area (Å²) in [7, 11) is 0. The van der Waals surface area contributed by atoms with Crippen molar-refractivity contribution in [1.29, 1.82) is 0 Å². The fraction of sp³-hybridized carbons (Fsp3) is 0.571. The number of rotatable bonds is 2. The predicted octanol–water partition coefficient (Wildman–Crippen LogP) is 1.96. The Morgan fingerprint density at radius 3 is 2.82 bits per heavy atom. The van der Waals surface area contributed by atoms with Crippen molar-refractivity contribution < 1.29 is 9.84 Å². The Labute approximate surface area is 103 Å². The standard InChI is InChI=1S/C14H21NO2/c1-13(2)7-6-10-8-11(14(3,15)9-16)4-5-12(10)17-13/h4-5,8,16H,6-7,9,15H2,1-3H3. The maximum Gasteiger partial charge on any atom is 0.123 e. The molecule has 3 heteroatoms. The highest BCUT2D eigenvalue weighted by Crippen LogP contribution is 2.34. The van der Waals surface area contributed by atoms with Crippen LogP contribution in [0.4, 0.5) is 0 Å². The van der Waals surface area contributed by atoms with Crippen molar-refractivity contribution in [2.24, 2.45) is 5.73 Å². The Balaban J connectivity index is 2.34. The molecule has 1 atom stereocenters. The highest BCUT2D eigenvalue weighted by atomic mass is 16.5. The van der Waals surface area contributed by atoms with Gasteiger partial charge in [0.25, 0.3) is 0 Å². The van der Waals surface area contributed by atoms with Gasteiger partial charge in [0, 0.05) is 0 Å². The largest absolute Gasteiger partial charge is 0.488 e. The molecule has 0 bridgehead atoms. The molecule has 0 amide bonds. The molecule has 94 valence electrons. The molecule has 1 heterocycles. The molecule has 0 spiro atoms. The van der Waals surface area contributed by atoms with E-state index in [1.807, 2.05) is 19.1 Å². The van der Waals surface area contributed by atoms with Crippen molar-refractivity contribution in [3.63, 3.8) is 0 Å². The minimum absolute atomic E-state index is 0.0574. The number of aliphatic hydroxyl groups excluding tert-OH is 1. The van der Waals surface area contributed by atoms with Crippen LogP contribution in [0, 0.1) is 0 Å². The van der Waals surface area contributed by atoms with Gasteiger partial charge in [-0.05, 0) is 50.8 Å². The summed E-state index contributed by atoms with van der Waals surface area (Å²) in [6.07, 6.45) is 2.00. The first kappa shape index (κ1) is 12.4. The Hall–Kier alpha value is -1.06. The van der Waals surface area contributed by atoms with E-state index in [2.05, 4.69) is 19.9 Å². The average molecular weight is 235 g/mol. The summed E-state index contributed by atoms with van der Waals surface area (Å²) >= 11 is 0. The van der Waals surface area contributed by atoms with E-state index >= 15 is 0 Å². The highest BCUT2D eigenvalue weighted by Gasteiger charge is 2.28. The third kappa shape index (κ3) is 2.45.